The molecule has 10 nitrogen and oxygen atoms in total. The zero-order chi connectivity index (χ0) is 30.3. The molecule has 3 N–H and O–H groups in total. The Morgan fingerprint density at radius 2 is 1.88 bits per heavy atom. The second-order valence-corrected chi connectivity index (χ2v) is 10.7. The van der Waals surface area contributed by atoms with Crippen molar-refractivity contribution in [3.63, 3.8) is 0 Å². The molecule has 4 aromatic rings. The number of hydrogen-bond acceptors (Lipinski definition) is 9. The summed E-state index contributed by atoms with van der Waals surface area (Å²) in [5, 5.41) is 28.0. The van der Waals surface area contributed by atoms with Crippen LogP contribution in [0.25, 0.3) is 5.69 Å². The van der Waals surface area contributed by atoms with Gasteiger partial charge >= 0.3 is 5.97 Å². The van der Waals surface area contributed by atoms with Gasteiger partial charge in [0.2, 0.25) is 5.75 Å². The Labute approximate surface area is 251 Å². The number of aromatic nitrogens is 2. The van der Waals surface area contributed by atoms with Crippen LogP contribution in [0, 0.1) is 0 Å². The predicted molar refractivity (Wildman–Crippen MR) is 163 cm³/mol. The number of ether oxygens (including phenoxy) is 3. The van der Waals surface area contributed by atoms with Crippen molar-refractivity contribution in [3.05, 3.63) is 90.3 Å². The molecule has 1 aliphatic heterocycles. The van der Waals surface area contributed by atoms with Crippen molar-refractivity contribution in [2.45, 2.75) is 44.4 Å². The number of nitrogens with one attached hydrogen (secondary N) is 1. The molecule has 2 heterocycles. The Bertz CT molecular complexity index is 1530. The van der Waals surface area contributed by atoms with E-state index in [0.29, 0.717) is 12.1 Å². The smallest absolute Gasteiger partial charge is 0.328 e. The molecule has 3 atom stereocenters. The van der Waals surface area contributed by atoms with Crippen LogP contribution in [0.4, 0.5) is 5.69 Å². The van der Waals surface area contributed by atoms with Gasteiger partial charge in [-0.3, -0.25) is 4.90 Å². The molecule has 1 aromatic heterocycles. The number of carbonyl (C=O) groups excluding carboxylic acids is 1. The van der Waals surface area contributed by atoms with Crippen molar-refractivity contribution < 1.29 is 29.2 Å². The SMILES string of the molecule is CCC(Nc1cccc(OC2CC(c3cnn(-c4cc(O)c(O)c(OC)c4)c3)CN(Cc3ccccc3)C2)c1)C(=O)OC. The van der Waals surface area contributed by atoms with Crippen LogP contribution in [-0.2, 0) is 16.1 Å². The molecule has 5 rings (SSSR count). The topological polar surface area (TPSA) is 118 Å². The lowest BCUT2D eigenvalue weighted by Gasteiger charge is -2.37. The number of nitrogens with zero attached hydrogens (tertiary/aromatic N) is 3. The Hall–Kier alpha value is -4.70. The van der Waals surface area contributed by atoms with Gasteiger partial charge in [-0.15, -0.1) is 0 Å². The summed E-state index contributed by atoms with van der Waals surface area (Å²) in [6.07, 6.45) is 5.06. The minimum Gasteiger partial charge on any atom is -0.504 e. The number of likely N-dealkylation sites (tertiary alicyclic amines) is 1. The monoisotopic (exact) mass is 586 g/mol. The molecule has 3 aromatic carbocycles. The average molecular weight is 587 g/mol. The van der Waals surface area contributed by atoms with Crippen LogP contribution in [0.2, 0.25) is 0 Å². The number of phenolic OH excluding ortho intramolecular Hbond substituents is 2. The first-order chi connectivity index (χ1) is 20.9. The lowest BCUT2D eigenvalue weighted by Crippen LogP contribution is -2.44. The molecule has 1 aliphatic rings. The number of aromatic hydroxyl groups is 2. The summed E-state index contributed by atoms with van der Waals surface area (Å²) in [5.74, 6) is 0.131. The average Bonchev–Trinajstić information content (AvgIpc) is 3.52. The van der Waals surface area contributed by atoms with Gasteiger partial charge in [-0.05, 0) is 36.1 Å². The highest BCUT2D eigenvalue weighted by atomic mass is 16.5. The van der Waals surface area contributed by atoms with E-state index in [2.05, 4.69) is 27.4 Å². The summed E-state index contributed by atoms with van der Waals surface area (Å²) in [5.41, 5.74) is 3.63. The number of benzene rings is 3. The second kappa shape index (κ2) is 13.5. The summed E-state index contributed by atoms with van der Waals surface area (Å²) in [7, 11) is 2.82. The van der Waals surface area contributed by atoms with Gasteiger partial charge in [-0.1, -0.05) is 43.3 Å². The van der Waals surface area contributed by atoms with Crippen LogP contribution in [0.15, 0.2) is 79.1 Å². The van der Waals surface area contributed by atoms with Gasteiger partial charge in [0.15, 0.2) is 11.5 Å². The maximum Gasteiger partial charge on any atom is 0.328 e. The van der Waals surface area contributed by atoms with Gasteiger partial charge in [-0.2, -0.15) is 5.10 Å². The largest absolute Gasteiger partial charge is 0.504 e. The quantitative estimate of drug-likeness (QED) is 0.163. The van der Waals surface area contributed by atoms with Crippen molar-refractivity contribution in [3.8, 4) is 28.7 Å². The van der Waals surface area contributed by atoms with Gasteiger partial charge in [0.25, 0.3) is 0 Å². The molecular formula is C33H38N4O6. The van der Waals surface area contributed by atoms with Gasteiger partial charge in [0.05, 0.1) is 26.1 Å². The van der Waals surface area contributed by atoms with Gasteiger partial charge in [0.1, 0.15) is 17.9 Å². The molecule has 0 amide bonds. The third kappa shape index (κ3) is 7.21. The molecule has 0 saturated carbocycles. The Morgan fingerprint density at radius 3 is 2.63 bits per heavy atom. The van der Waals surface area contributed by atoms with E-state index in [0.717, 1.165) is 43.1 Å². The van der Waals surface area contributed by atoms with Crippen LogP contribution in [0.5, 0.6) is 23.0 Å². The maximum atomic E-state index is 12.1. The summed E-state index contributed by atoms with van der Waals surface area (Å²) < 4.78 is 18.4. The number of hydrogen-bond donors (Lipinski definition) is 3. The van der Waals surface area contributed by atoms with E-state index in [9.17, 15) is 15.0 Å². The molecule has 43 heavy (non-hydrogen) atoms. The molecule has 1 fully saturated rings. The van der Waals surface area contributed by atoms with Crippen molar-refractivity contribution >= 4 is 11.7 Å². The normalized spacial score (nSPS) is 17.7. The van der Waals surface area contributed by atoms with Crippen LogP contribution < -0.4 is 14.8 Å². The number of esters is 1. The molecule has 0 radical (unpaired) electrons. The molecule has 226 valence electrons. The minimum absolute atomic E-state index is 0.0959. The number of piperidine rings is 1. The molecule has 0 spiro atoms. The van der Waals surface area contributed by atoms with E-state index in [1.165, 1.54) is 25.8 Å². The van der Waals surface area contributed by atoms with Crippen LogP contribution in [0.1, 0.15) is 36.8 Å². The Balaban J connectivity index is 1.37. The Kier molecular flexibility index (Phi) is 9.36. The van der Waals surface area contributed by atoms with Crippen molar-refractivity contribution in [2.75, 3.05) is 32.6 Å². The molecule has 0 bridgehead atoms. The maximum absolute atomic E-state index is 12.1. The lowest BCUT2D eigenvalue weighted by atomic mass is 9.90. The van der Waals surface area contributed by atoms with Crippen LogP contribution in [-0.4, -0.2) is 70.3 Å². The summed E-state index contributed by atoms with van der Waals surface area (Å²) in [6, 6.07) is 20.7. The van der Waals surface area contributed by atoms with E-state index in [4.69, 9.17) is 14.2 Å². The highest BCUT2D eigenvalue weighted by Crippen LogP contribution is 2.38. The van der Waals surface area contributed by atoms with E-state index in [1.807, 2.05) is 61.8 Å². The third-order valence-corrected chi connectivity index (χ3v) is 7.71. The van der Waals surface area contributed by atoms with Gasteiger partial charge in [0, 0.05) is 55.6 Å². The number of methoxy groups -OCH3 is 2. The first-order valence-corrected chi connectivity index (χ1v) is 14.4. The van der Waals surface area contributed by atoms with E-state index in [1.54, 1.807) is 10.7 Å². The summed E-state index contributed by atoms with van der Waals surface area (Å²) >= 11 is 0. The number of anilines is 1. The number of phenols is 2. The first kappa shape index (κ1) is 29.8. The van der Waals surface area contributed by atoms with Crippen molar-refractivity contribution in [2.24, 2.45) is 0 Å². The van der Waals surface area contributed by atoms with E-state index >= 15 is 0 Å². The standard InChI is InChI=1S/C33H38N4O6/c1-4-29(33(40)42-3)35-25-11-8-12-27(14-25)43-28-13-23(19-36(21-28)18-22-9-6-5-7-10-22)24-17-34-37(20-24)26-15-30(38)32(39)31(16-26)41-2/h5-12,14-17,20,23,28-29,35,38-39H,4,13,18-19,21H2,1-3H3. The van der Waals surface area contributed by atoms with Gasteiger partial charge < -0.3 is 29.7 Å². The molecule has 0 aliphatic carbocycles. The van der Waals surface area contributed by atoms with Gasteiger partial charge in [-0.25, -0.2) is 9.48 Å². The third-order valence-electron chi connectivity index (χ3n) is 7.71. The fraction of sp³-hybridized carbons (Fsp3) is 0.333. The number of rotatable bonds is 11. The molecule has 10 heteroatoms. The van der Waals surface area contributed by atoms with E-state index < -0.39 is 6.04 Å². The fourth-order valence-electron chi connectivity index (χ4n) is 5.52. The second-order valence-electron chi connectivity index (χ2n) is 10.7. The summed E-state index contributed by atoms with van der Waals surface area (Å²) in [6.45, 7) is 4.29. The molecular weight excluding hydrogens is 548 g/mol. The van der Waals surface area contributed by atoms with Crippen molar-refractivity contribution in [1.82, 2.24) is 14.7 Å². The highest BCUT2D eigenvalue weighted by Gasteiger charge is 2.31. The fourth-order valence-corrected chi connectivity index (χ4v) is 5.52. The highest BCUT2D eigenvalue weighted by molar-refractivity contribution is 5.79. The van der Waals surface area contributed by atoms with Crippen LogP contribution in [0.3, 0.4) is 0 Å². The van der Waals surface area contributed by atoms with Crippen molar-refractivity contribution in [1.29, 1.82) is 0 Å². The van der Waals surface area contributed by atoms with E-state index in [-0.39, 0.29) is 35.2 Å². The summed E-state index contributed by atoms with van der Waals surface area (Å²) in [4.78, 5) is 14.5. The van der Waals surface area contributed by atoms with Crippen LogP contribution >= 0.6 is 0 Å². The zero-order valence-electron chi connectivity index (χ0n) is 24.6. The lowest BCUT2D eigenvalue weighted by molar-refractivity contribution is -0.141. The molecule has 1 saturated heterocycles. The predicted octanol–water partition coefficient (Wildman–Crippen LogP) is 5.09. The Morgan fingerprint density at radius 1 is 1.07 bits per heavy atom. The molecule has 3 unspecified atom stereocenters. The zero-order valence-corrected chi connectivity index (χ0v) is 24.6. The minimum atomic E-state index is -0.437. The first-order valence-electron chi connectivity index (χ1n) is 14.4. The number of carbonyl (C=O) groups is 1.